The van der Waals surface area contributed by atoms with E-state index in [-0.39, 0.29) is 6.29 Å². The molecule has 2 nitrogen and oxygen atoms in total. The molecular weight excluding hydrogens is 248 g/mol. The number of hydrogen-bond donors (Lipinski definition) is 0. The molecule has 0 atom stereocenters. The third kappa shape index (κ3) is 5.00. The molecule has 0 spiro atoms. The van der Waals surface area contributed by atoms with Crippen LogP contribution >= 0.6 is 0 Å². The molecule has 0 bridgehead atoms. The van der Waals surface area contributed by atoms with Gasteiger partial charge in [0.25, 0.3) is 0 Å². The lowest BCUT2D eigenvalue weighted by Gasteiger charge is -2.15. The summed E-state index contributed by atoms with van der Waals surface area (Å²) >= 11 is 0. The number of allylic oxidation sites excluding steroid dienone is 1. The Kier molecular flexibility index (Phi) is 6.03. The summed E-state index contributed by atoms with van der Waals surface area (Å²) in [6.45, 7) is 3.06. The molecule has 104 valence electrons. The van der Waals surface area contributed by atoms with Crippen molar-refractivity contribution in [2.45, 2.75) is 26.4 Å². The van der Waals surface area contributed by atoms with Crippen LogP contribution in [-0.4, -0.2) is 6.29 Å². The molecule has 0 saturated carbocycles. The molecule has 0 amide bonds. The summed E-state index contributed by atoms with van der Waals surface area (Å²) in [6, 6.07) is 20.2. The SMILES string of the molecule is CC=CC(OCc1ccccc1)OCc1ccccc1. The van der Waals surface area contributed by atoms with E-state index in [9.17, 15) is 0 Å². The number of ether oxygens (including phenoxy) is 2. The first-order chi connectivity index (χ1) is 9.88. The van der Waals surface area contributed by atoms with Gasteiger partial charge in [-0.25, -0.2) is 0 Å². The van der Waals surface area contributed by atoms with Crippen LogP contribution in [0.2, 0.25) is 0 Å². The Morgan fingerprint density at radius 3 is 1.65 bits per heavy atom. The molecule has 0 heterocycles. The van der Waals surface area contributed by atoms with E-state index in [4.69, 9.17) is 9.47 Å². The van der Waals surface area contributed by atoms with Crippen molar-refractivity contribution < 1.29 is 9.47 Å². The predicted molar refractivity (Wildman–Crippen MR) is 81.1 cm³/mol. The maximum atomic E-state index is 5.78. The van der Waals surface area contributed by atoms with Crippen molar-refractivity contribution in [1.29, 1.82) is 0 Å². The molecule has 20 heavy (non-hydrogen) atoms. The third-order valence-electron chi connectivity index (χ3n) is 2.86. The van der Waals surface area contributed by atoms with E-state index in [0.717, 1.165) is 11.1 Å². The Morgan fingerprint density at radius 1 is 0.800 bits per heavy atom. The molecule has 2 rings (SSSR count). The molecule has 0 unspecified atom stereocenters. The van der Waals surface area contributed by atoms with E-state index in [1.807, 2.05) is 79.7 Å². The fourth-order valence-corrected chi connectivity index (χ4v) is 1.82. The van der Waals surface area contributed by atoms with Crippen LogP contribution in [0.1, 0.15) is 18.1 Å². The van der Waals surface area contributed by atoms with Gasteiger partial charge in [-0.05, 0) is 24.1 Å². The van der Waals surface area contributed by atoms with E-state index >= 15 is 0 Å². The lowest BCUT2D eigenvalue weighted by molar-refractivity contribution is -0.126. The van der Waals surface area contributed by atoms with Crippen LogP contribution in [0.25, 0.3) is 0 Å². The Labute approximate surface area is 120 Å². The van der Waals surface area contributed by atoms with Crippen molar-refractivity contribution >= 4 is 0 Å². The highest BCUT2D eigenvalue weighted by Gasteiger charge is 2.05. The molecule has 0 aliphatic heterocycles. The lowest BCUT2D eigenvalue weighted by Crippen LogP contribution is -2.14. The molecule has 0 aliphatic rings. The van der Waals surface area contributed by atoms with Gasteiger partial charge in [0.1, 0.15) is 0 Å². The first-order valence-corrected chi connectivity index (χ1v) is 6.82. The van der Waals surface area contributed by atoms with Crippen molar-refractivity contribution in [1.82, 2.24) is 0 Å². The zero-order chi connectivity index (χ0) is 14.0. The van der Waals surface area contributed by atoms with Crippen molar-refractivity contribution in [3.05, 3.63) is 83.9 Å². The molecule has 0 aromatic heterocycles. The lowest BCUT2D eigenvalue weighted by atomic mass is 10.2. The van der Waals surface area contributed by atoms with Gasteiger partial charge in [-0.3, -0.25) is 0 Å². The van der Waals surface area contributed by atoms with Gasteiger partial charge < -0.3 is 9.47 Å². The molecule has 0 saturated heterocycles. The van der Waals surface area contributed by atoms with E-state index in [1.165, 1.54) is 0 Å². The van der Waals surface area contributed by atoms with Gasteiger partial charge in [-0.1, -0.05) is 66.7 Å². The van der Waals surface area contributed by atoms with Crippen LogP contribution in [0.4, 0.5) is 0 Å². The van der Waals surface area contributed by atoms with E-state index in [2.05, 4.69) is 0 Å². The summed E-state index contributed by atoms with van der Waals surface area (Å²) in [7, 11) is 0. The summed E-state index contributed by atoms with van der Waals surface area (Å²) in [4.78, 5) is 0. The maximum Gasteiger partial charge on any atom is 0.177 e. The molecule has 0 radical (unpaired) electrons. The molecule has 0 fully saturated rings. The number of benzene rings is 2. The quantitative estimate of drug-likeness (QED) is 0.550. The molecule has 0 aliphatic carbocycles. The Hall–Kier alpha value is -1.90. The summed E-state index contributed by atoms with van der Waals surface area (Å²) in [6.07, 6.45) is 3.55. The minimum atomic E-state index is -0.319. The summed E-state index contributed by atoms with van der Waals surface area (Å²) in [5.74, 6) is 0. The second kappa shape index (κ2) is 8.31. The number of hydrogen-bond acceptors (Lipinski definition) is 2. The van der Waals surface area contributed by atoms with Gasteiger partial charge >= 0.3 is 0 Å². The van der Waals surface area contributed by atoms with Gasteiger partial charge in [-0.15, -0.1) is 0 Å². The minimum Gasteiger partial charge on any atom is -0.344 e. The summed E-state index contributed by atoms with van der Waals surface area (Å²) in [5, 5.41) is 0. The summed E-state index contributed by atoms with van der Waals surface area (Å²) in [5.41, 5.74) is 2.29. The smallest absolute Gasteiger partial charge is 0.177 e. The molecule has 0 N–H and O–H groups in total. The van der Waals surface area contributed by atoms with Crippen molar-refractivity contribution in [2.24, 2.45) is 0 Å². The minimum absolute atomic E-state index is 0.319. The van der Waals surface area contributed by atoms with Crippen molar-refractivity contribution in [3.8, 4) is 0 Å². The highest BCUT2D eigenvalue weighted by Crippen LogP contribution is 2.09. The van der Waals surface area contributed by atoms with Crippen LogP contribution in [-0.2, 0) is 22.7 Å². The fraction of sp³-hybridized carbons (Fsp3) is 0.222. The normalized spacial score (nSPS) is 11.3. The predicted octanol–water partition coefficient (Wildman–Crippen LogP) is 4.32. The highest BCUT2D eigenvalue weighted by molar-refractivity contribution is 5.14. The Balaban J connectivity index is 1.84. The highest BCUT2D eigenvalue weighted by atomic mass is 16.7. The van der Waals surface area contributed by atoms with Gasteiger partial charge in [0.05, 0.1) is 13.2 Å². The number of rotatable bonds is 7. The Bertz CT molecular complexity index is 462. The second-order valence-corrected chi connectivity index (χ2v) is 4.49. The van der Waals surface area contributed by atoms with E-state index in [1.54, 1.807) is 0 Å². The average Bonchev–Trinajstić information content (AvgIpc) is 2.52. The van der Waals surface area contributed by atoms with Crippen LogP contribution in [0.5, 0.6) is 0 Å². The average molecular weight is 268 g/mol. The van der Waals surface area contributed by atoms with Crippen molar-refractivity contribution in [2.75, 3.05) is 0 Å². The molecule has 2 aromatic rings. The summed E-state index contributed by atoms with van der Waals surface area (Å²) < 4.78 is 11.6. The van der Waals surface area contributed by atoms with Crippen LogP contribution in [0.3, 0.4) is 0 Å². The Morgan fingerprint density at radius 2 is 1.25 bits per heavy atom. The second-order valence-electron chi connectivity index (χ2n) is 4.49. The topological polar surface area (TPSA) is 18.5 Å². The first-order valence-electron chi connectivity index (χ1n) is 6.82. The standard InChI is InChI=1S/C18H20O2/c1-2-9-18(19-14-16-10-5-3-6-11-16)20-15-17-12-7-4-8-13-17/h2-13,18H,14-15H2,1H3. The zero-order valence-electron chi connectivity index (χ0n) is 11.7. The van der Waals surface area contributed by atoms with E-state index in [0.29, 0.717) is 13.2 Å². The van der Waals surface area contributed by atoms with Gasteiger partial charge in [0, 0.05) is 0 Å². The third-order valence-corrected chi connectivity index (χ3v) is 2.86. The zero-order valence-corrected chi connectivity index (χ0v) is 11.7. The van der Waals surface area contributed by atoms with Crippen molar-refractivity contribution in [3.63, 3.8) is 0 Å². The molecular formula is C18H20O2. The van der Waals surface area contributed by atoms with Crippen LogP contribution in [0, 0.1) is 0 Å². The van der Waals surface area contributed by atoms with E-state index < -0.39 is 0 Å². The van der Waals surface area contributed by atoms with Crippen LogP contribution < -0.4 is 0 Å². The maximum absolute atomic E-state index is 5.78. The molecule has 2 heteroatoms. The fourth-order valence-electron chi connectivity index (χ4n) is 1.82. The molecule has 2 aromatic carbocycles. The monoisotopic (exact) mass is 268 g/mol. The van der Waals surface area contributed by atoms with Crippen LogP contribution in [0.15, 0.2) is 72.8 Å². The van der Waals surface area contributed by atoms with Gasteiger partial charge in [-0.2, -0.15) is 0 Å². The van der Waals surface area contributed by atoms with Gasteiger partial charge in [0.15, 0.2) is 6.29 Å². The largest absolute Gasteiger partial charge is 0.344 e. The van der Waals surface area contributed by atoms with Gasteiger partial charge in [0.2, 0.25) is 0 Å². The first kappa shape index (κ1) is 14.5.